The molecule has 0 aliphatic carbocycles. The largest absolute Gasteiger partial charge is 0.479 e. The molecule has 5 heteroatoms. The first-order chi connectivity index (χ1) is 5.36. The topological polar surface area (TPSA) is 94.8 Å². The highest BCUT2D eigenvalue weighted by Gasteiger charge is 2.27. The van der Waals surface area contributed by atoms with Gasteiger partial charge in [0.05, 0.1) is 0 Å². The Morgan fingerprint density at radius 2 is 1.92 bits per heavy atom. The highest BCUT2D eigenvalue weighted by atomic mass is 16.4. The Labute approximate surface area is 68.9 Å². The lowest BCUT2D eigenvalue weighted by atomic mass is 10.0. The van der Waals surface area contributed by atoms with Gasteiger partial charge in [0.1, 0.15) is 0 Å². The molecule has 68 valence electrons. The van der Waals surface area contributed by atoms with Gasteiger partial charge in [0.25, 0.3) is 0 Å². The number of hydrogen-bond donors (Lipinski definition) is 3. The second-order valence-electron chi connectivity index (χ2n) is 2.52. The summed E-state index contributed by atoms with van der Waals surface area (Å²) in [5, 5.41) is 25.6. The summed E-state index contributed by atoms with van der Waals surface area (Å²) < 4.78 is 0. The normalized spacial score (nSPS) is 15.8. The zero-order chi connectivity index (χ0) is 9.78. The minimum absolute atomic E-state index is 0.228. The summed E-state index contributed by atoms with van der Waals surface area (Å²) in [5.74, 6) is -2.55. The number of aliphatic carboxylic acids is 2. The van der Waals surface area contributed by atoms with Crippen molar-refractivity contribution in [1.29, 1.82) is 0 Å². The zero-order valence-electron chi connectivity index (χ0n) is 6.52. The first-order valence-electron chi connectivity index (χ1n) is 3.21. The number of carboxylic acid groups (broad SMARTS) is 2. The van der Waals surface area contributed by atoms with Crippen LogP contribution in [0, 0.1) is 0 Å². The molecule has 3 N–H and O–H groups in total. The summed E-state index contributed by atoms with van der Waals surface area (Å²) in [6.45, 7) is 1.10. The molecular weight excluding hydrogens is 164 g/mol. The van der Waals surface area contributed by atoms with Crippen molar-refractivity contribution in [2.75, 3.05) is 0 Å². The smallest absolute Gasteiger partial charge is 0.335 e. The molecule has 0 aromatic heterocycles. The average Bonchev–Trinajstić information content (AvgIpc) is 1.85. The maximum atomic E-state index is 10.3. The Balaban J connectivity index is 4.09. The van der Waals surface area contributed by atoms with Crippen LogP contribution in [-0.4, -0.2) is 32.9 Å². The van der Waals surface area contributed by atoms with Gasteiger partial charge in [0.15, 0.2) is 5.60 Å². The molecule has 0 saturated carbocycles. The SMILES string of the molecule is CC(O)(C/C=C/C(=O)O)C(=O)O. The van der Waals surface area contributed by atoms with E-state index in [2.05, 4.69) is 0 Å². The average molecular weight is 174 g/mol. The number of aliphatic hydroxyl groups is 1. The van der Waals surface area contributed by atoms with Crippen LogP contribution in [0.25, 0.3) is 0 Å². The van der Waals surface area contributed by atoms with Crippen molar-refractivity contribution in [3.05, 3.63) is 12.2 Å². The van der Waals surface area contributed by atoms with E-state index in [4.69, 9.17) is 15.3 Å². The van der Waals surface area contributed by atoms with Crippen LogP contribution in [0.4, 0.5) is 0 Å². The van der Waals surface area contributed by atoms with Crippen LogP contribution in [0.15, 0.2) is 12.2 Å². The van der Waals surface area contributed by atoms with Gasteiger partial charge in [-0.1, -0.05) is 6.08 Å². The Morgan fingerprint density at radius 3 is 2.25 bits per heavy atom. The van der Waals surface area contributed by atoms with E-state index in [1.165, 1.54) is 0 Å². The summed E-state index contributed by atoms with van der Waals surface area (Å²) in [7, 11) is 0. The molecule has 12 heavy (non-hydrogen) atoms. The summed E-state index contributed by atoms with van der Waals surface area (Å²) in [6.07, 6.45) is 1.66. The Morgan fingerprint density at radius 1 is 1.42 bits per heavy atom. The van der Waals surface area contributed by atoms with Crippen LogP contribution in [0.3, 0.4) is 0 Å². The van der Waals surface area contributed by atoms with Crippen molar-refractivity contribution in [3.8, 4) is 0 Å². The lowest BCUT2D eigenvalue weighted by Crippen LogP contribution is -2.33. The van der Waals surface area contributed by atoms with Gasteiger partial charge in [-0.05, 0) is 6.92 Å². The van der Waals surface area contributed by atoms with E-state index < -0.39 is 17.5 Å². The molecule has 0 radical (unpaired) electrons. The molecule has 0 fully saturated rings. The van der Waals surface area contributed by atoms with Gasteiger partial charge in [-0.15, -0.1) is 0 Å². The Bertz CT molecular complexity index is 216. The molecule has 1 atom stereocenters. The van der Waals surface area contributed by atoms with E-state index in [9.17, 15) is 9.59 Å². The van der Waals surface area contributed by atoms with Gasteiger partial charge in [0, 0.05) is 12.5 Å². The molecule has 0 amide bonds. The quantitative estimate of drug-likeness (QED) is 0.515. The monoisotopic (exact) mass is 174 g/mol. The standard InChI is InChI=1S/C7H10O5/c1-7(12,6(10)11)4-2-3-5(8)9/h2-3,12H,4H2,1H3,(H,8,9)(H,10,11)/b3-2+. The highest BCUT2D eigenvalue weighted by molar-refractivity contribution is 5.80. The number of rotatable bonds is 4. The van der Waals surface area contributed by atoms with Crippen molar-refractivity contribution >= 4 is 11.9 Å². The van der Waals surface area contributed by atoms with Crippen LogP contribution in [0.2, 0.25) is 0 Å². The van der Waals surface area contributed by atoms with Crippen molar-refractivity contribution in [3.63, 3.8) is 0 Å². The van der Waals surface area contributed by atoms with Crippen LogP contribution in [0.5, 0.6) is 0 Å². The maximum absolute atomic E-state index is 10.3. The highest BCUT2D eigenvalue weighted by Crippen LogP contribution is 2.09. The Kier molecular flexibility index (Phi) is 3.43. The van der Waals surface area contributed by atoms with Gasteiger partial charge in [0.2, 0.25) is 0 Å². The predicted octanol–water partition coefficient (Wildman–Crippen LogP) is -0.147. The molecule has 5 nitrogen and oxygen atoms in total. The third-order valence-electron chi connectivity index (χ3n) is 1.24. The van der Waals surface area contributed by atoms with Crippen LogP contribution < -0.4 is 0 Å². The summed E-state index contributed by atoms with van der Waals surface area (Å²) in [4.78, 5) is 20.2. The molecule has 0 aromatic carbocycles. The summed E-state index contributed by atoms with van der Waals surface area (Å²) >= 11 is 0. The van der Waals surface area contributed by atoms with E-state index in [-0.39, 0.29) is 6.42 Å². The fourth-order valence-corrected chi connectivity index (χ4v) is 0.477. The molecule has 1 unspecified atom stereocenters. The van der Waals surface area contributed by atoms with Gasteiger partial charge in [-0.25, -0.2) is 9.59 Å². The predicted molar refractivity (Wildman–Crippen MR) is 39.7 cm³/mol. The lowest BCUT2D eigenvalue weighted by Gasteiger charge is -2.14. The van der Waals surface area contributed by atoms with Crippen molar-refractivity contribution in [2.24, 2.45) is 0 Å². The first-order valence-corrected chi connectivity index (χ1v) is 3.21. The van der Waals surface area contributed by atoms with Crippen LogP contribution in [0.1, 0.15) is 13.3 Å². The number of carbonyl (C=O) groups is 2. The molecule has 0 heterocycles. The van der Waals surface area contributed by atoms with E-state index in [0.717, 1.165) is 19.1 Å². The molecule has 0 spiro atoms. The second kappa shape index (κ2) is 3.87. The van der Waals surface area contributed by atoms with E-state index in [1.54, 1.807) is 0 Å². The maximum Gasteiger partial charge on any atom is 0.335 e. The minimum Gasteiger partial charge on any atom is -0.479 e. The van der Waals surface area contributed by atoms with Crippen molar-refractivity contribution in [2.45, 2.75) is 18.9 Å². The van der Waals surface area contributed by atoms with E-state index in [1.807, 2.05) is 0 Å². The van der Waals surface area contributed by atoms with E-state index >= 15 is 0 Å². The molecular formula is C7H10O5. The fourth-order valence-electron chi connectivity index (χ4n) is 0.477. The van der Waals surface area contributed by atoms with Gasteiger partial charge in [-0.2, -0.15) is 0 Å². The van der Waals surface area contributed by atoms with Crippen molar-refractivity contribution in [1.82, 2.24) is 0 Å². The summed E-state index contributed by atoms with van der Waals surface area (Å²) in [6, 6.07) is 0. The molecule has 0 aliphatic rings. The first kappa shape index (κ1) is 10.6. The molecule has 0 aromatic rings. The summed E-state index contributed by atoms with van der Waals surface area (Å²) in [5.41, 5.74) is -1.90. The number of carboxylic acids is 2. The molecule has 0 bridgehead atoms. The minimum atomic E-state index is -1.90. The fraction of sp³-hybridized carbons (Fsp3) is 0.429. The zero-order valence-corrected chi connectivity index (χ0v) is 6.52. The molecule has 0 aliphatic heterocycles. The second-order valence-corrected chi connectivity index (χ2v) is 2.52. The molecule has 0 rings (SSSR count). The third-order valence-corrected chi connectivity index (χ3v) is 1.24. The van der Waals surface area contributed by atoms with Crippen molar-refractivity contribution < 1.29 is 24.9 Å². The van der Waals surface area contributed by atoms with Gasteiger partial charge in [-0.3, -0.25) is 0 Å². The van der Waals surface area contributed by atoms with Crippen LogP contribution >= 0.6 is 0 Å². The van der Waals surface area contributed by atoms with Gasteiger partial charge < -0.3 is 15.3 Å². The van der Waals surface area contributed by atoms with Gasteiger partial charge >= 0.3 is 11.9 Å². The number of hydrogen-bond acceptors (Lipinski definition) is 3. The van der Waals surface area contributed by atoms with Crippen LogP contribution in [-0.2, 0) is 9.59 Å². The Hall–Kier alpha value is -1.36. The lowest BCUT2D eigenvalue weighted by molar-refractivity contribution is -0.156. The van der Waals surface area contributed by atoms with E-state index in [0.29, 0.717) is 0 Å². The molecule has 0 saturated heterocycles. The third kappa shape index (κ3) is 3.72.